The molecule has 0 aliphatic rings. The van der Waals surface area contributed by atoms with E-state index in [1.807, 2.05) is 19.1 Å². The zero-order valence-corrected chi connectivity index (χ0v) is 13.9. The van der Waals surface area contributed by atoms with E-state index in [0.717, 1.165) is 10.0 Å². The van der Waals surface area contributed by atoms with E-state index in [0.29, 0.717) is 11.5 Å². The zero-order chi connectivity index (χ0) is 16.7. The molecule has 0 aliphatic heterocycles. The maximum atomic E-state index is 11.6. The van der Waals surface area contributed by atoms with Crippen LogP contribution in [0.4, 0.5) is 0 Å². The van der Waals surface area contributed by atoms with E-state index in [-0.39, 0.29) is 6.61 Å². The molecule has 1 heterocycles. The number of ether oxygens (including phenoxy) is 1. The molecule has 0 atom stereocenters. The zero-order valence-electron chi connectivity index (χ0n) is 12.3. The minimum absolute atomic E-state index is 0.204. The third-order valence-electron chi connectivity index (χ3n) is 2.76. The van der Waals surface area contributed by atoms with Gasteiger partial charge in [-0.1, -0.05) is 15.9 Å². The molecular weight excluding hydrogens is 364 g/mol. The lowest BCUT2D eigenvalue weighted by Gasteiger charge is -2.09. The fourth-order valence-electron chi connectivity index (χ4n) is 1.67. The van der Waals surface area contributed by atoms with Gasteiger partial charge in [-0.05, 0) is 48.9 Å². The lowest BCUT2D eigenvalue weighted by molar-refractivity contribution is -0.128. The first-order chi connectivity index (χ1) is 11.0. The number of furan rings is 1. The Morgan fingerprint density at radius 2 is 2.13 bits per heavy atom. The highest BCUT2D eigenvalue weighted by Crippen LogP contribution is 2.21. The van der Waals surface area contributed by atoms with E-state index >= 15 is 0 Å². The van der Waals surface area contributed by atoms with Crippen molar-refractivity contribution in [3.05, 3.63) is 58.5 Å². The molecule has 2 rings (SSSR count). The first kappa shape index (κ1) is 16.8. The summed E-state index contributed by atoms with van der Waals surface area (Å²) in [4.78, 5) is 23.1. The first-order valence-electron chi connectivity index (χ1n) is 6.74. The van der Waals surface area contributed by atoms with Gasteiger partial charge in [-0.15, -0.1) is 0 Å². The van der Waals surface area contributed by atoms with Gasteiger partial charge in [-0.25, -0.2) is 0 Å². The van der Waals surface area contributed by atoms with Crippen LogP contribution in [0.15, 0.2) is 51.6 Å². The summed E-state index contributed by atoms with van der Waals surface area (Å²) >= 11 is 3.35. The molecule has 0 aliphatic carbocycles. The Morgan fingerprint density at radius 3 is 2.83 bits per heavy atom. The number of carbonyl (C=O) groups is 2. The lowest BCUT2D eigenvalue weighted by Crippen LogP contribution is -2.43. The molecule has 0 bridgehead atoms. The fraction of sp³-hybridized carbons (Fsp3) is 0.125. The molecule has 0 spiro atoms. The molecule has 7 heteroatoms. The summed E-state index contributed by atoms with van der Waals surface area (Å²) in [5.74, 6) is 0.203. The highest BCUT2D eigenvalue weighted by atomic mass is 79.9. The van der Waals surface area contributed by atoms with Crippen LogP contribution in [0.5, 0.6) is 5.75 Å². The van der Waals surface area contributed by atoms with Gasteiger partial charge in [0.25, 0.3) is 11.8 Å². The number of rotatable bonds is 5. The summed E-state index contributed by atoms with van der Waals surface area (Å²) in [6, 6.07) is 8.88. The smallest absolute Gasteiger partial charge is 0.276 e. The second kappa shape index (κ2) is 8.19. The van der Waals surface area contributed by atoms with Gasteiger partial charge in [0.15, 0.2) is 6.61 Å². The summed E-state index contributed by atoms with van der Waals surface area (Å²) in [5.41, 5.74) is 5.41. The van der Waals surface area contributed by atoms with Crippen molar-refractivity contribution < 1.29 is 18.7 Å². The fourth-order valence-corrected chi connectivity index (χ4v) is 2.15. The van der Waals surface area contributed by atoms with Crippen molar-refractivity contribution in [2.45, 2.75) is 6.92 Å². The van der Waals surface area contributed by atoms with Gasteiger partial charge < -0.3 is 9.15 Å². The SMILES string of the molecule is Cc1cc(Br)ccc1OCC(=O)NNC(=O)C=Cc1ccco1. The Bertz CT molecular complexity index is 711. The van der Waals surface area contributed by atoms with E-state index in [9.17, 15) is 9.59 Å². The number of halogens is 1. The van der Waals surface area contributed by atoms with Crippen molar-refractivity contribution in [2.75, 3.05) is 6.61 Å². The predicted octanol–water partition coefficient (Wildman–Crippen LogP) is 2.59. The minimum atomic E-state index is -0.477. The summed E-state index contributed by atoms with van der Waals surface area (Å²) in [6.45, 7) is 1.67. The maximum absolute atomic E-state index is 11.6. The highest BCUT2D eigenvalue weighted by Gasteiger charge is 2.06. The average molecular weight is 379 g/mol. The van der Waals surface area contributed by atoms with Crippen LogP contribution in [-0.2, 0) is 9.59 Å². The Labute approximate surface area is 141 Å². The Kier molecular flexibility index (Phi) is 5.99. The molecule has 0 fully saturated rings. The predicted molar refractivity (Wildman–Crippen MR) is 88.4 cm³/mol. The molecule has 120 valence electrons. The van der Waals surface area contributed by atoms with Crippen molar-refractivity contribution in [3.63, 3.8) is 0 Å². The molecule has 1 aromatic carbocycles. The van der Waals surface area contributed by atoms with Crippen LogP contribution >= 0.6 is 15.9 Å². The third-order valence-corrected chi connectivity index (χ3v) is 3.26. The lowest BCUT2D eigenvalue weighted by atomic mass is 10.2. The van der Waals surface area contributed by atoms with Gasteiger partial charge in [0.2, 0.25) is 0 Å². The number of aryl methyl sites for hydroxylation is 1. The van der Waals surface area contributed by atoms with Gasteiger partial charge in [-0.2, -0.15) is 0 Å². The van der Waals surface area contributed by atoms with Crippen LogP contribution in [0.3, 0.4) is 0 Å². The Hall–Kier alpha value is -2.54. The van der Waals surface area contributed by atoms with Crippen molar-refractivity contribution in [1.29, 1.82) is 0 Å². The third kappa shape index (κ3) is 5.63. The standard InChI is InChI=1S/C16H15BrN2O4/c1-11-9-12(17)4-6-14(11)23-10-16(21)19-18-15(20)7-5-13-3-2-8-22-13/h2-9H,10H2,1H3,(H,18,20)(H,19,21). The topological polar surface area (TPSA) is 80.6 Å². The number of nitrogens with one attached hydrogen (secondary N) is 2. The molecule has 0 radical (unpaired) electrons. The van der Waals surface area contributed by atoms with Crippen molar-refractivity contribution in [3.8, 4) is 5.75 Å². The summed E-state index contributed by atoms with van der Waals surface area (Å²) in [7, 11) is 0. The molecule has 2 N–H and O–H groups in total. The summed E-state index contributed by atoms with van der Waals surface area (Å²) in [5, 5.41) is 0. The second-order valence-electron chi connectivity index (χ2n) is 4.58. The summed E-state index contributed by atoms with van der Waals surface area (Å²) in [6.07, 6.45) is 4.24. The minimum Gasteiger partial charge on any atom is -0.483 e. The summed E-state index contributed by atoms with van der Waals surface area (Å²) < 4.78 is 11.4. The number of benzene rings is 1. The molecule has 0 saturated carbocycles. The molecule has 1 aromatic heterocycles. The van der Waals surface area contributed by atoms with Crippen molar-refractivity contribution >= 4 is 33.8 Å². The molecule has 0 saturated heterocycles. The van der Waals surface area contributed by atoms with Crippen LogP contribution in [-0.4, -0.2) is 18.4 Å². The number of hydrogen-bond acceptors (Lipinski definition) is 4. The first-order valence-corrected chi connectivity index (χ1v) is 7.53. The van der Waals surface area contributed by atoms with Gasteiger partial charge in [0.05, 0.1) is 6.26 Å². The van der Waals surface area contributed by atoms with Crippen LogP contribution in [0.2, 0.25) is 0 Å². The van der Waals surface area contributed by atoms with Crippen molar-refractivity contribution in [1.82, 2.24) is 10.9 Å². The molecule has 2 amide bonds. The van der Waals surface area contributed by atoms with E-state index in [2.05, 4.69) is 26.8 Å². The van der Waals surface area contributed by atoms with E-state index in [1.54, 1.807) is 18.2 Å². The number of carbonyl (C=O) groups excluding carboxylic acids is 2. The van der Waals surface area contributed by atoms with Gasteiger partial charge in [-0.3, -0.25) is 20.4 Å². The maximum Gasteiger partial charge on any atom is 0.276 e. The van der Waals surface area contributed by atoms with Gasteiger partial charge in [0, 0.05) is 10.5 Å². The number of hydrogen-bond donors (Lipinski definition) is 2. The monoisotopic (exact) mass is 378 g/mol. The number of hydrazine groups is 1. The highest BCUT2D eigenvalue weighted by molar-refractivity contribution is 9.10. The second-order valence-corrected chi connectivity index (χ2v) is 5.50. The average Bonchev–Trinajstić information content (AvgIpc) is 3.03. The molecule has 0 unspecified atom stereocenters. The van der Waals surface area contributed by atoms with E-state index in [4.69, 9.17) is 9.15 Å². The van der Waals surface area contributed by atoms with Crippen LogP contribution < -0.4 is 15.6 Å². The van der Waals surface area contributed by atoms with E-state index in [1.165, 1.54) is 18.4 Å². The van der Waals surface area contributed by atoms with Crippen LogP contribution in [0.1, 0.15) is 11.3 Å². The van der Waals surface area contributed by atoms with Crippen LogP contribution in [0, 0.1) is 6.92 Å². The number of amides is 2. The van der Waals surface area contributed by atoms with Gasteiger partial charge in [0.1, 0.15) is 11.5 Å². The molecule has 2 aromatic rings. The van der Waals surface area contributed by atoms with E-state index < -0.39 is 11.8 Å². The Morgan fingerprint density at radius 1 is 1.30 bits per heavy atom. The van der Waals surface area contributed by atoms with Crippen molar-refractivity contribution in [2.24, 2.45) is 0 Å². The normalized spacial score (nSPS) is 10.5. The largest absolute Gasteiger partial charge is 0.483 e. The Balaban J connectivity index is 1.73. The molecule has 6 nitrogen and oxygen atoms in total. The van der Waals surface area contributed by atoms with Gasteiger partial charge >= 0.3 is 0 Å². The quantitative estimate of drug-likeness (QED) is 0.618. The molecule has 23 heavy (non-hydrogen) atoms. The van der Waals surface area contributed by atoms with Crippen LogP contribution in [0.25, 0.3) is 6.08 Å². The molecular formula is C16H15BrN2O4.